The Kier molecular flexibility index (Phi) is 2.33. The van der Waals surface area contributed by atoms with Crippen molar-refractivity contribution in [1.29, 1.82) is 0 Å². The fourth-order valence-electron chi connectivity index (χ4n) is 1.05. The van der Waals surface area contributed by atoms with E-state index in [1.165, 1.54) is 0 Å². The second-order valence-corrected chi connectivity index (χ2v) is 2.84. The van der Waals surface area contributed by atoms with Crippen LogP contribution in [0.25, 0.3) is 5.82 Å². The maximum absolute atomic E-state index is 12.7. The summed E-state index contributed by atoms with van der Waals surface area (Å²) in [7, 11) is 0. The molecule has 0 fully saturated rings. The molecule has 0 aliphatic carbocycles. The molecular formula is C8H4F4N4. The highest BCUT2D eigenvalue weighted by Crippen LogP contribution is 2.27. The van der Waals surface area contributed by atoms with Crippen LogP contribution in [0.15, 0.2) is 24.7 Å². The molecular weight excluding hydrogens is 228 g/mol. The molecule has 0 saturated heterocycles. The number of hydrogen-bond acceptors (Lipinski definition) is 3. The Hall–Kier alpha value is -1.99. The Morgan fingerprint density at radius 2 is 1.94 bits per heavy atom. The summed E-state index contributed by atoms with van der Waals surface area (Å²) in [5.74, 6) is -0.906. The van der Waals surface area contributed by atoms with Crippen molar-refractivity contribution in [3.8, 4) is 5.82 Å². The van der Waals surface area contributed by atoms with E-state index in [1.807, 2.05) is 0 Å². The second-order valence-electron chi connectivity index (χ2n) is 2.84. The molecule has 2 aromatic heterocycles. The van der Waals surface area contributed by atoms with Crippen molar-refractivity contribution in [2.24, 2.45) is 0 Å². The monoisotopic (exact) mass is 232 g/mol. The van der Waals surface area contributed by atoms with Gasteiger partial charge in [-0.1, -0.05) is 0 Å². The molecule has 0 bridgehead atoms. The standard InChI is InChI=1S/C8H4F4N4/c9-6-3-7(14-4-13-6)16-2-1-5(15-16)8(10,11)12/h1-4H. The number of halogens is 4. The van der Waals surface area contributed by atoms with Crippen LogP contribution in [0.3, 0.4) is 0 Å². The first-order valence-corrected chi connectivity index (χ1v) is 4.07. The molecule has 0 amide bonds. The van der Waals surface area contributed by atoms with E-state index >= 15 is 0 Å². The Balaban J connectivity index is 2.39. The SMILES string of the molecule is Fc1cc(-n2ccc(C(F)(F)F)n2)ncn1. The fraction of sp³-hybridized carbons (Fsp3) is 0.125. The first-order chi connectivity index (χ1) is 7.47. The first-order valence-electron chi connectivity index (χ1n) is 4.07. The maximum Gasteiger partial charge on any atom is 0.435 e. The van der Waals surface area contributed by atoms with Crippen molar-refractivity contribution in [1.82, 2.24) is 19.7 Å². The molecule has 16 heavy (non-hydrogen) atoms. The number of aromatic nitrogens is 4. The topological polar surface area (TPSA) is 43.6 Å². The van der Waals surface area contributed by atoms with Crippen molar-refractivity contribution in [3.05, 3.63) is 36.3 Å². The normalized spacial score (nSPS) is 11.8. The predicted octanol–water partition coefficient (Wildman–Crippen LogP) is 1.82. The van der Waals surface area contributed by atoms with Crippen molar-refractivity contribution in [2.75, 3.05) is 0 Å². The van der Waals surface area contributed by atoms with E-state index in [2.05, 4.69) is 15.1 Å². The molecule has 0 saturated carbocycles. The van der Waals surface area contributed by atoms with Crippen LogP contribution in [0.5, 0.6) is 0 Å². The summed E-state index contributed by atoms with van der Waals surface area (Å²) < 4.78 is 50.1. The van der Waals surface area contributed by atoms with Gasteiger partial charge in [0.25, 0.3) is 0 Å². The van der Waals surface area contributed by atoms with E-state index in [0.29, 0.717) is 0 Å². The van der Waals surface area contributed by atoms with Crippen LogP contribution >= 0.6 is 0 Å². The van der Waals surface area contributed by atoms with E-state index in [9.17, 15) is 17.6 Å². The number of rotatable bonds is 1. The zero-order chi connectivity index (χ0) is 11.8. The lowest BCUT2D eigenvalue weighted by atomic mass is 10.4. The summed E-state index contributed by atoms with van der Waals surface area (Å²) in [5, 5.41) is 3.23. The summed E-state index contributed by atoms with van der Waals surface area (Å²) in [6.07, 6.45) is -2.58. The highest BCUT2D eigenvalue weighted by atomic mass is 19.4. The largest absolute Gasteiger partial charge is 0.435 e. The molecule has 0 spiro atoms. The third kappa shape index (κ3) is 2.00. The van der Waals surface area contributed by atoms with Gasteiger partial charge >= 0.3 is 6.18 Å². The number of alkyl halides is 3. The van der Waals surface area contributed by atoms with Crippen LogP contribution < -0.4 is 0 Å². The van der Waals surface area contributed by atoms with E-state index in [1.54, 1.807) is 0 Å². The molecule has 2 heterocycles. The second kappa shape index (κ2) is 3.54. The van der Waals surface area contributed by atoms with Crippen LogP contribution in [0, 0.1) is 5.95 Å². The molecule has 4 nitrogen and oxygen atoms in total. The molecule has 0 aromatic carbocycles. The van der Waals surface area contributed by atoms with Gasteiger partial charge in [0.2, 0.25) is 5.95 Å². The summed E-state index contributed by atoms with van der Waals surface area (Å²) >= 11 is 0. The molecule has 8 heteroatoms. The van der Waals surface area contributed by atoms with Gasteiger partial charge in [0.1, 0.15) is 6.33 Å². The third-order valence-electron chi connectivity index (χ3n) is 1.73. The first kappa shape index (κ1) is 10.5. The molecule has 0 aliphatic heterocycles. The molecule has 0 unspecified atom stereocenters. The summed E-state index contributed by atoms with van der Waals surface area (Å²) in [5.41, 5.74) is -1.06. The van der Waals surface area contributed by atoms with Crippen molar-refractivity contribution >= 4 is 0 Å². The quantitative estimate of drug-likeness (QED) is 0.556. The average molecular weight is 232 g/mol. The van der Waals surface area contributed by atoms with Crippen molar-refractivity contribution in [2.45, 2.75) is 6.18 Å². The highest BCUT2D eigenvalue weighted by molar-refractivity contribution is 5.20. The van der Waals surface area contributed by atoms with Crippen molar-refractivity contribution in [3.63, 3.8) is 0 Å². The predicted molar refractivity (Wildman–Crippen MR) is 44.1 cm³/mol. The van der Waals surface area contributed by atoms with E-state index in [4.69, 9.17) is 0 Å². The van der Waals surface area contributed by atoms with E-state index in [0.717, 1.165) is 29.3 Å². The van der Waals surface area contributed by atoms with Gasteiger partial charge in [-0.3, -0.25) is 0 Å². The van der Waals surface area contributed by atoms with E-state index < -0.39 is 17.8 Å². The third-order valence-corrected chi connectivity index (χ3v) is 1.73. The zero-order valence-corrected chi connectivity index (χ0v) is 7.61. The number of nitrogens with zero attached hydrogens (tertiary/aromatic N) is 4. The molecule has 84 valence electrons. The minimum absolute atomic E-state index is 0.0667. The summed E-state index contributed by atoms with van der Waals surface area (Å²) in [6, 6.07) is 1.66. The Morgan fingerprint density at radius 1 is 1.19 bits per heavy atom. The van der Waals surface area contributed by atoms with Gasteiger partial charge in [0.15, 0.2) is 11.5 Å². The molecule has 2 rings (SSSR count). The summed E-state index contributed by atoms with van der Waals surface area (Å²) in [6.45, 7) is 0. The molecule has 0 radical (unpaired) electrons. The van der Waals surface area contributed by atoms with Crippen LogP contribution in [0.1, 0.15) is 5.69 Å². The van der Waals surface area contributed by atoms with Crippen LogP contribution in [-0.4, -0.2) is 19.7 Å². The van der Waals surface area contributed by atoms with Gasteiger partial charge in [-0.15, -0.1) is 0 Å². The molecule has 0 N–H and O–H groups in total. The van der Waals surface area contributed by atoms with E-state index in [-0.39, 0.29) is 5.82 Å². The molecule has 2 aromatic rings. The van der Waals surface area contributed by atoms with Crippen molar-refractivity contribution < 1.29 is 17.6 Å². The molecule has 0 aliphatic rings. The fourth-order valence-corrected chi connectivity index (χ4v) is 1.05. The Labute approximate surface area is 86.6 Å². The zero-order valence-electron chi connectivity index (χ0n) is 7.61. The van der Waals surface area contributed by atoms with Crippen LogP contribution in [-0.2, 0) is 6.18 Å². The number of hydrogen-bond donors (Lipinski definition) is 0. The smallest absolute Gasteiger partial charge is 0.222 e. The average Bonchev–Trinajstić information content (AvgIpc) is 2.65. The maximum atomic E-state index is 12.7. The van der Waals surface area contributed by atoms with Gasteiger partial charge in [-0.2, -0.15) is 22.7 Å². The minimum Gasteiger partial charge on any atom is -0.222 e. The Morgan fingerprint density at radius 3 is 2.50 bits per heavy atom. The van der Waals surface area contributed by atoms with Crippen LogP contribution in [0.4, 0.5) is 17.6 Å². The van der Waals surface area contributed by atoms with Gasteiger partial charge < -0.3 is 0 Å². The van der Waals surface area contributed by atoms with Gasteiger partial charge in [0.05, 0.1) is 0 Å². The lowest BCUT2D eigenvalue weighted by molar-refractivity contribution is -0.141. The Bertz CT molecular complexity index is 505. The highest BCUT2D eigenvalue weighted by Gasteiger charge is 2.33. The molecule has 0 atom stereocenters. The summed E-state index contributed by atoms with van der Waals surface area (Å²) in [4.78, 5) is 6.77. The van der Waals surface area contributed by atoms with Crippen LogP contribution in [0.2, 0.25) is 0 Å². The van der Waals surface area contributed by atoms with Gasteiger partial charge in [-0.25, -0.2) is 14.6 Å². The lowest BCUT2D eigenvalue weighted by Gasteiger charge is -2.01. The lowest BCUT2D eigenvalue weighted by Crippen LogP contribution is -2.08. The minimum atomic E-state index is -4.53. The van der Waals surface area contributed by atoms with Gasteiger partial charge in [-0.05, 0) is 6.07 Å². The van der Waals surface area contributed by atoms with Gasteiger partial charge in [0, 0.05) is 12.3 Å².